The summed E-state index contributed by atoms with van der Waals surface area (Å²) in [4.78, 5) is 23.7. The molecule has 0 radical (unpaired) electrons. The highest BCUT2D eigenvalue weighted by atomic mass is 19.1. The second-order valence-electron chi connectivity index (χ2n) is 7.78. The van der Waals surface area contributed by atoms with Crippen LogP contribution in [0.15, 0.2) is 59.3 Å². The highest BCUT2D eigenvalue weighted by molar-refractivity contribution is 6.03. The number of fused-ring (bicyclic) bond motifs is 1. The molecule has 1 atom stereocenters. The molecule has 0 spiro atoms. The smallest absolute Gasteiger partial charge is 0.240 e. The van der Waals surface area contributed by atoms with E-state index in [-0.39, 0.29) is 11.8 Å². The zero-order valence-electron chi connectivity index (χ0n) is 17.3. The Labute approximate surface area is 182 Å². The van der Waals surface area contributed by atoms with Gasteiger partial charge in [0.15, 0.2) is 0 Å². The highest BCUT2D eigenvalue weighted by Crippen LogP contribution is 2.35. The Balaban J connectivity index is 1.41. The lowest BCUT2D eigenvalue weighted by molar-refractivity contribution is -0.134. The van der Waals surface area contributed by atoms with Gasteiger partial charge in [-0.25, -0.2) is 0 Å². The van der Waals surface area contributed by atoms with Crippen LogP contribution in [-0.2, 0) is 16.1 Å². The number of hydrogen-bond acceptors (Lipinski definition) is 5. The van der Waals surface area contributed by atoms with Gasteiger partial charge in [-0.3, -0.25) is 19.6 Å². The van der Waals surface area contributed by atoms with Crippen LogP contribution in [0.4, 0.5) is 4.39 Å². The molecular formula is C24H20FN3O4. The van der Waals surface area contributed by atoms with Crippen molar-refractivity contribution in [3.63, 3.8) is 0 Å². The molecule has 2 aromatic heterocycles. The normalized spacial score (nSPS) is 16.4. The Bertz CT molecular complexity index is 1320. The molecule has 8 heteroatoms. The average Bonchev–Trinajstić information content (AvgIpc) is 3.37. The predicted octanol–water partition coefficient (Wildman–Crippen LogP) is 4.01. The summed E-state index contributed by atoms with van der Waals surface area (Å²) in [6.07, 6.45) is 3.93. The molecule has 162 valence electrons. The minimum Gasteiger partial charge on any atom is -0.497 e. The fourth-order valence-corrected chi connectivity index (χ4v) is 4.07. The van der Waals surface area contributed by atoms with Gasteiger partial charge in [0, 0.05) is 23.6 Å². The number of hydrogen-bond donors (Lipinski definition) is 1. The molecule has 7 nitrogen and oxygen atoms in total. The molecule has 0 saturated carbocycles. The molecule has 0 aliphatic carbocycles. The molecule has 3 heterocycles. The lowest BCUT2D eigenvalue weighted by Crippen LogP contribution is -2.39. The van der Waals surface area contributed by atoms with Gasteiger partial charge < -0.3 is 9.15 Å². The second-order valence-corrected chi connectivity index (χ2v) is 7.78. The zero-order chi connectivity index (χ0) is 22.2. The fourth-order valence-electron chi connectivity index (χ4n) is 4.07. The van der Waals surface area contributed by atoms with Crippen LogP contribution in [0.5, 0.6) is 5.75 Å². The number of methoxy groups -OCH3 is 1. The summed E-state index contributed by atoms with van der Waals surface area (Å²) in [7, 11) is 1.60. The molecule has 0 bridgehead atoms. The molecule has 1 aliphatic heterocycles. The fraction of sp³-hybridized carbons (Fsp3) is 0.208. The molecule has 1 aliphatic rings. The van der Waals surface area contributed by atoms with E-state index in [9.17, 15) is 14.0 Å². The lowest BCUT2D eigenvalue weighted by Gasteiger charge is -2.19. The van der Waals surface area contributed by atoms with Crippen molar-refractivity contribution in [1.29, 1.82) is 0 Å². The molecular weight excluding hydrogens is 413 g/mol. The van der Waals surface area contributed by atoms with Gasteiger partial charge in [0.25, 0.3) is 0 Å². The van der Waals surface area contributed by atoms with Gasteiger partial charge in [-0.2, -0.15) is 4.39 Å². The van der Waals surface area contributed by atoms with E-state index in [2.05, 4.69) is 10.4 Å². The maximum Gasteiger partial charge on any atom is 0.240 e. The molecule has 32 heavy (non-hydrogen) atoms. The van der Waals surface area contributed by atoms with Crippen LogP contribution in [0.3, 0.4) is 0 Å². The van der Waals surface area contributed by atoms with Gasteiger partial charge in [-0.1, -0.05) is 24.3 Å². The largest absolute Gasteiger partial charge is 0.497 e. The first-order valence-corrected chi connectivity index (χ1v) is 10.2. The van der Waals surface area contributed by atoms with Crippen molar-refractivity contribution in [2.75, 3.05) is 7.11 Å². The Morgan fingerprint density at radius 2 is 2.03 bits per heavy atom. The number of piperidine rings is 1. The maximum atomic E-state index is 14.6. The molecule has 1 N–H and O–H groups in total. The van der Waals surface area contributed by atoms with E-state index in [1.807, 2.05) is 30.3 Å². The first kappa shape index (κ1) is 20.0. The summed E-state index contributed by atoms with van der Waals surface area (Å²) in [6.45, 7) is 0.420. The van der Waals surface area contributed by atoms with Crippen molar-refractivity contribution in [2.24, 2.45) is 0 Å². The van der Waals surface area contributed by atoms with Crippen LogP contribution < -0.4 is 10.1 Å². The van der Waals surface area contributed by atoms with Gasteiger partial charge in [0.2, 0.25) is 17.8 Å². The number of halogens is 1. The Morgan fingerprint density at radius 3 is 2.78 bits per heavy atom. The highest BCUT2D eigenvalue weighted by Gasteiger charge is 2.30. The average molecular weight is 433 g/mol. The molecule has 4 aromatic rings. The number of benzene rings is 2. The minimum atomic E-state index is -0.574. The van der Waals surface area contributed by atoms with Crippen LogP contribution in [-0.4, -0.2) is 28.7 Å². The summed E-state index contributed by atoms with van der Waals surface area (Å²) in [5.74, 6) is -0.842. The molecule has 2 amide bonds. The number of amides is 2. The maximum absolute atomic E-state index is 14.6. The SMILES string of the molecule is COc1ccc(Cn2cc(-c3ccc4c(C5CCC(=O)NC5=O)coc4c3)c(F)n2)cc1. The van der Waals surface area contributed by atoms with E-state index in [0.29, 0.717) is 36.1 Å². The van der Waals surface area contributed by atoms with Crippen LogP contribution in [0, 0.1) is 5.95 Å². The first-order valence-electron chi connectivity index (χ1n) is 10.2. The molecule has 1 fully saturated rings. The summed E-state index contributed by atoms with van der Waals surface area (Å²) < 4.78 is 27.0. The van der Waals surface area contributed by atoms with Crippen molar-refractivity contribution >= 4 is 22.8 Å². The monoisotopic (exact) mass is 433 g/mol. The first-order chi connectivity index (χ1) is 15.5. The minimum absolute atomic E-state index is 0.261. The lowest BCUT2D eigenvalue weighted by atomic mass is 9.90. The van der Waals surface area contributed by atoms with Crippen molar-refractivity contribution in [1.82, 2.24) is 15.1 Å². The Kier molecular flexibility index (Phi) is 4.97. The van der Waals surface area contributed by atoms with Gasteiger partial charge in [0.1, 0.15) is 11.3 Å². The van der Waals surface area contributed by atoms with E-state index in [0.717, 1.165) is 22.3 Å². The Morgan fingerprint density at radius 1 is 1.22 bits per heavy atom. The number of furan rings is 1. The summed E-state index contributed by atoms with van der Waals surface area (Å²) in [5, 5.41) is 7.15. The van der Waals surface area contributed by atoms with Gasteiger partial charge in [0.05, 0.1) is 31.4 Å². The van der Waals surface area contributed by atoms with Crippen LogP contribution >= 0.6 is 0 Å². The number of nitrogens with one attached hydrogen (secondary N) is 1. The zero-order valence-corrected chi connectivity index (χ0v) is 17.3. The summed E-state index contributed by atoms with van der Waals surface area (Å²) in [5.41, 5.74) is 3.23. The molecule has 5 rings (SSSR count). The number of carbonyl (C=O) groups excluding carboxylic acids is 2. The topological polar surface area (TPSA) is 86.4 Å². The molecule has 2 aromatic carbocycles. The van der Waals surface area contributed by atoms with Crippen molar-refractivity contribution in [3.05, 3.63) is 72.0 Å². The summed E-state index contributed by atoms with van der Waals surface area (Å²) >= 11 is 0. The van der Waals surface area contributed by atoms with E-state index < -0.39 is 11.9 Å². The quantitative estimate of drug-likeness (QED) is 0.481. The number of ether oxygens (including phenoxy) is 1. The van der Waals surface area contributed by atoms with Gasteiger partial charge in [-0.05, 0) is 35.7 Å². The van der Waals surface area contributed by atoms with Gasteiger partial charge >= 0.3 is 0 Å². The number of imide groups is 1. The van der Waals surface area contributed by atoms with E-state index in [1.165, 1.54) is 6.26 Å². The molecule has 1 unspecified atom stereocenters. The second kappa shape index (κ2) is 7.96. The summed E-state index contributed by atoms with van der Waals surface area (Å²) in [6, 6.07) is 12.8. The third-order valence-corrected chi connectivity index (χ3v) is 5.75. The van der Waals surface area contributed by atoms with E-state index >= 15 is 0 Å². The van der Waals surface area contributed by atoms with Crippen LogP contribution in [0.2, 0.25) is 0 Å². The number of nitrogens with zero attached hydrogens (tertiary/aromatic N) is 2. The van der Waals surface area contributed by atoms with Crippen molar-refractivity contribution in [3.8, 4) is 16.9 Å². The Hall–Kier alpha value is -3.94. The van der Waals surface area contributed by atoms with Crippen LogP contribution in [0.1, 0.15) is 29.9 Å². The number of rotatable bonds is 5. The third-order valence-electron chi connectivity index (χ3n) is 5.75. The molecule has 1 saturated heterocycles. The van der Waals surface area contributed by atoms with E-state index in [4.69, 9.17) is 9.15 Å². The van der Waals surface area contributed by atoms with Crippen LogP contribution in [0.25, 0.3) is 22.1 Å². The van der Waals surface area contributed by atoms with Crippen molar-refractivity contribution < 1.29 is 23.1 Å². The number of carbonyl (C=O) groups is 2. The van der Waals surface area contributed by atoms with Crippen molar-refractivity contribution in [2.45, 2.75) is 25.3 Å². The third kappa shape index (κ3) is 3.64. The number of aromatic nitrogens is 2. The van der Waals surface area contributed by atoms with Gasteiger partial charge in [-0.15, -0.1) is 5.10 Å². The predicted molar refractivity (Wildman–Crippen MR) is 115 cm³/mol. The van der Waals surface area contributed by atoms with E-state index in [1.54, 1.807) is 30.1 Å². The standard InChI is InChI=1S/C24H20FN3O4/c1-31-16-5-2-14(3-6-16)11-28-12-19(23(25)27-28)15-4-7-17-20(13-32-21(17)10-15)18-8-9-22(29)26-24(18)30/h2-7,10,12-13,18H,8-9,11H2,1H3,(H,26,29,30).